The summed E-state index contributed by atoms with van der Waals surface area (Å²) in [4.78, 5) is 6.65. The Morgan fingerprint density at radius 2 is 2.28 bits per heavy atom. The lowest BCUT2D eigenvalue weighted by Crippen LogP contribution is -2.36. The standard InChI is InChI=1S/C12H17N5O/c13-8-9-3-5-17(6-4-9)12-14-11(15-16-12)10-2-1-7-18-10/h1-2,7,9H,3-6,8,13H2,(H,14,15,16). The van der Waals surface area contributed by atoms with Crippen LogP contribution in [-0.4, -0.2) is 34.8 Å². The second-order valence-corrected chi connectivity index (χ2v) is 4.63. The van der Waals surface area contributed by atoms with Gasteiger partial charge >= 0.3 is 0 Å². The SMILES string of the molecule is NCC1CCN(c2n[nH]c(-c3ccco3)n2)CC1. The van der Waals surface area contributed by atoms with Gasteiger partial charge in [-0.3, -0.25) is 5.10 Å². The zero-order chi connectivity index (χ0) is 12.4. The Hall–Kier alpha value is -1.82. The molecule has 3 rings (SSSR count). The van der Waals surface area contributed by atoms with E-state index in [4.69, 9.17) is 10.2 Å². The van der Waals surface area contributed by atoms with E-state index in [-0.39, 0.29) is 0 Å². The predicted octanol–water partition coefficient (Wildman–Crippen LogP) is 1.24. The number of H-pyrrole nitrogens is 1. The highest BCUT2D eigenvalue weighted by atomic mass is 16.3. The molecule has 3 heterocycles. The minimum Gasteiger partial charge on any atom is -0.461 e. The fourth-order valence-corrected chi connectivity index (χ4v) is 2.29. The van der Waals surface area contributed by atoms with Gasteiger partial charge in [-0.2, -0.15) is 4.98 Å². The first-order valence-electron chi connectivity index (χ1n) is 6.28. The van der Waals surface area contributed by atoms with Crippen molar-refractivity contribution in [2.75, 3.05) is 24.5 Å². The summed E-state index contributed by atoms with van der Waals surface area (Å²) < 4.78 is 5.29. The third-order valence-corrected chi connectivity index (χ3v) is 3.46. The summed E-state index contributed by atoms with van der Waals surface area (Å²) in [5.41, 5.74) is 5.69. The van der Waals surface area contributed by atoms with Crippen molar-refractivity contribution in [1.29, 1.82) is 0 Å². The molecule has 18 heavy (non-hydrogen) atoms. The molecular weight excluding hydrogens is 230 g/mol. The molecule has 1 aliphatic heterocycles. The van der Waals surface area contributed by atoms with Gasteiger partial charge in [0.1, 0.15) is 0 Å². The number of nitrogens with one attached hydrogen (secondary N) is 1. The fourth-order valence-electron chi connectivity index (χ4n) is 2.29. The average molecular weight is 247 g/mol. The van der Waals surface area contributed by atoms with E-state index in [1.807, 2.05) is 12.1 Å². The zero-order valence-corrected chi connectivity index (χ0v) is 10.2. The number of aromatic amines is 1. The molecule has 6 nitrogen and oxygen atoms in total. The third-order valence-electron chi connectivity index (χ3n) is 3.46. The van der Waals surface area contributed by atoms with Crippen LogP contribution in [0.25, 0.3) is 11.6 Å². The molecule has 0 radical (unpaired) electrons. The topological polar surface area (TPSA) is 84.0 Å². The van der Waals surface area contributed by atoms with E-state index in [0.717, 1.165) is 38.4 Å². The molecule has 0 spiro atoms. The molecule has 1 aliphatic rings. The Bertz CT molecular complexity index is 484. The van der Waals surface area contributed by atoms with Crippen molar-refractivity contribution in [2.45, 2.75) is 12.8 Å². The number of aromatic nitrogens is 3. The quantitative estimate of drug-likeness (QED) is 0.852. The number of nitrogens with two attached hydrogens (primary N) is 1. The van der Waals surface area contributed by atoms with Crippen LogP contribution in [0.3, 0.4) is 0 Å². The van der Waals surface area contributed by atoms with Gasteiger partial charge in [0, 0.05) is 13.1 Å². The summed E-state index contributed by atoms with van der Waals surface area (Å²) in [5.74, 6) is 2.78. The van der Waals surface area contributed by atoms with Crippen LogP contribution < -0.4 is 10.6 Å². The lowest BCUT2D eigenvalue weighted by atomic mass is 9.97. The summed E-state index contributed by atoms with van der Waals surface area (Å²) in [6.45, 7) is 2.72. The highest BCUT2D eigenvalue weighted by Crippen LogP contribution is 2.22. The molecular formula is C12H17N5O. The molecule has 0 bridgehead atoms. The van der Waals surface area contributed by atoms with Crippen LogP contribution in [0.15, 0.2) is 22.8 Å². The Kier molecular flexibility index (Phi) is 3.02. The lowest BCUT2D eigenvalue weighted by Gasteiger charge is -2.30. The maximum absolute atomic E-state index is 5.69. The van der Waals surface area contributed by atoms with Crippen LogP contribution in [0.5, 0.6) is 0 Å². The normalized spacial score (nSPS) is 17.3. The van der Waals surface area contributed by atoms with Crippen LogP contribution in [0, 0.1) is 5.92 Å². The van der Waals surface area contributed by atoms with Gasteiger partial charge in [0.2, 0.25) is 5.95 Å². The molecule has 6 heteroatoms. The molecule has 0 aromatic carbocycles. The molecule has 0 aliphatic carbocycles. The molecule has 0 saturated carbocycles. The van der Waals surface area contributed by atoms with Gasteiger partial charge in [0.05, 0.1) is 6.26 Å². The maximum atomic E-state index is 5.69. The van der Waals surface area contributed by atoms with Crippen molar-refractivity contribution in [3.8, 4) is 11.6 Å². The van der Waals surface area contributed by atoms with E-state index in [9.17, 15) is 0 Å². The number of hydrogen-bond acceptors (Lipinski definition) is 5. The first-order valence-corrected chi connectivity index (χ1v) is 6.28. The van der Waals surface area contributed by atoms with Crippen molar-refractivity contribution in [3.05, 3.63) is 18.4 Å². The van der Waals surface area contributed by atoms with E-state index in [2.05, 4.69) is 20.1 Å². The molecule has 1 fully saturated rings. The largest absolute Gasteiger partial charge is 0.461 e. The molecule has 2 aromatic heterocycles. The lowest BCUT2D eigenvalue weighted by molar-refractivity contribution is 0.411. The number of anilines is 1. The Morgan fingerprint density at radius 3 is 2.94 bits per heavy atom. The monoisotopic (exact) mass is 247 g/mol. The number of nitrogens with zero attached hydrogens (tertiary/aromatic N) is 3. The summed E-state index contributed by atoms with van der Waals surface area (Å²) in [6, 6.07) is 3.70. The average Bonchev–Trinajstić information content (AvgIpc) is 3.09. The van der Waals surface area contributed by atoms with Crippen molar-refractivity contribution >= 4 is 5.95 Å². The molecule has 0 unspecified atom stereocenters. The minimum absolute atomic E-state index is 0.643. The summed E-state index contributed by atoms with van der Waals surface area (Å²) in [7, 11) is 0. The van der Waals surface area contributed by atoms with Crippen LogP contribution in [0.4, 0.5) is 5.95 Å². The first-order chi connectivity index (χ1) is 8.86. The number of hydrogen-bond donors (Lipinski definition) is 2. The molecule has 3 N–H and O–H groups in total. The summed E-state index contributed by atoms with van der Waals surface area (Å²) in [6.07, 6.45) is 3.85. The highest BCUT2D eigenvalue weighted by Gasteiger charge is 2.21. The van der Waals surface area contributed by atoms with Gasteiger partial charge in [-0.25, -0.2) is 0 Å². The van der Waals surface area contributed by atoms with Crippen molar-refractivity contribution in [3.63, 3.8) is 0 Å². The molecule has 2 aromatic rings. The van der Waals surface area contributed by atoms with Gasteiger partial charge in [-0.1, -0.05) is 0 Å². The minimum atomic E-state index is 0.643. The van der Waals surface area contributed by atoms with E-state index in [1.165, 1.54) is 0 Å². The van der Waals surface area contributed by atoms with Gasteiger partial charge in [-0.05, 0) is 37.4 Å². The molecule has 0 amide bonds. The second kappa shape index (κ2) is 4.81. The van der Waals surface area contributed by atoms with E-state index in [0.29, 0.717) is 17.5 Å². The van der Waals surface area contributed by atoms with Crippen LogP contribution in [0.1, 0.15) is 12.8 Å². The van der Waals surface area contributed by atoms with Gasteiger partial charge in [-0.15, -0.1) is 5.10 Å². The Balaban J connectivity index is 1.71. The Labute approximate surface area is 105 Å². The van der Waals surface area contributed by atoms with Gasteiger partial charge < -0.3 is 15.1 Å². The van der Waals surface area contributed by atoms with Crippen LogP contribution >= 0.6 is 0 Å². The fraction of sp³-hybridized carbons (Fsp3) is 0.500. The molecule has 0 atom stereocenters. The van der Waals surface area contributed by atoms with Crippen molar-refractivity contribution in [2.24, 2.45) is 11.7 Å². The third kappa shape index (κ3) is 2.11. The second-order valence-electron chi connectivity index (χ2n) is 4.63. The molecule has 1 saturated heterocycles. The zero-order valence-electron chi connectivity index (χ0n) is 10.2. The smallest absolute Gasteiger partial charge is 0.245 e. The molecule has 96 valence electrons. The summed E-state index contributed by atoms with van der Waals surface area (Å²) in [5, 5.41) is 7.15. The predicted molar refractivity (Wildman–Crippen MR) is 68.1 cm³/mol. The maximum Gasteiger partial charge on any atom is 0.245 e. The Morgan fingerprint density at radius 1 is 1.44 bits per heavy atom. The van der Waals surface area contributed by atoms with E-state index in [1.54, 1.807) is 6.26 Å². The number of rotatable bonds is 3. The number of furan rings is 1. The van der Waals surface area contributed by atoms with Crippen molar-refractivity contribution < 1.29 is 4.42 Å². The van der Waals surface area contributed by atoms with E-state index < -0.39 is 0 Å². The van der Waals surface area contributed by atoms with Crippen LogP contribution in [0.2, 0.25) is 0 Å². The van der Waals surface area contributed by atoms with Crippen LogP contribution in [-0.2, 0) is 0 Å². The highest BCUT2D eigenvalue weighted by molar-refractivity contribution is 5.48. The van der Waals surface area contributed by atoms with Gasteiger partial charge in [0.15, 0.2) is 11.6 Å². The number of piperidine rings is 1. The van der Waals surface area contributed by atoms with Crippen molar-refractivity contribution in [1.82, 2.24) is 15.2 Å². The van der Waals surface area contributed by atoms with Gasteiger partial charge in [0.25, 0.3) is 0 Å². The van der Waals surface area contributed by atoms with E-state index >= 15 is 0 Å². The first kappa shape index (κ1) is 11.3. The summed E-state index contributed by atoms with van der Waals surface area (Å²) >= 11 is 0.